The molecule has 4 aliphatic rings. The normalized spacial score (nSPS) is 48.7. The van der Waals surface area contributed by atoms with E-state index in [4.69, 9.17) is 6.42 Å². The largest absolute Gasteiger partial charge is 0.295 e. The number of fused-ring (bicyclic) bond motifs is 5. The van der Waals surface area contributed by atoms with E-state index < -0.39 is 0 Å². The molecule has 1 nitrogen and oxygen atoms in total. The minimum Gasteiger partial charge on any atom is -0.295 e. The first-order valence-corrected chi connectivity index (χ1v) is 8.83. The topological polar surface area (TPSA) is 17.1 Å². The lowest BCUT2D eigenvalue weighted by Gasteiger charge is -2.53. The molecular formula is C20H26O. The first-order valence-electron chi connectivity index (χ1n) is 8.83. The Morgan fingerprint density at radius 2 is 2.00 bits per heavy atom. The van der Waals surface area contributed by atoms with Crippen molar-refractivity contribution in [3.63, 3.8) is 0 Å². The maximum absolute atomic E-state index is 11.7. The summed E-state index contributed by atoms with van der Waals surface area (Å²) in [6.07, 6.45) is 17.4. The average Bonchev–Trinajstić information content (AvgIpc) is 2.83. The van der Waals surface area contributed by atoms with E-state index >= 15 is 0 Å². The van der Waals surface area contributed by atoms with Crippen molar-refractivity contribution in [1.29, 1.82) is 0 Å². The Bertz CT molecular complexity index is 537. The maximum atomic E-state index is 11.7. The predicted molar refractivity (Wildman–Crippen MR) is 84.4 cm³/mol. The third kappa shape index (κ3) is 1.88. The van der Waals surface area contributed by atoms with Crippen LogP contribution in [0.3, 0.4) is 0 Å². The second-order valence-electron chi connectivity index (χ2n) is 8.14. The molecule has 0 aromatic rings. The standard InChI is InChI=1S/C20H26O/c1-3-14-5-9-19-18-7-4-13-12-15(21)6-8-16(13)17(18)10-11-20(14,19)2/h1,12,14,16-19H,4-11H2,2H3/t14-,16+,17-,18-,19+,20-/m1/s1. The summed E-state index contributed by atoms with van der Waals surface area (Å²) in [5.74, 6) is 7.26. The van der Waals surface area contributed by atoms with Gasteiger partial charge in [-0.1, -0.05) is 12.5 Å². The van der Waals surface area contributed by atoms with E-state index in [1.54, 1.807) is 0 Å². The van der Waals surface area contributed by atoms with Gasteiger partial charge in [-0.25, -0.2) is 0 Å². The fourth-order valence-corrected chi connectivity index (χ4v) is 6.45. The zero-order chi connectivity index (χ0) is 14.6. The highest BCUT2D eigenvalue weighted by Crippen LogP contribution is 2.63. The molecule has 6 atom stereocenters. The smallest absolute Gasteiger partial charge is 0.155 e. The second kappa shape index (κ2) is 4.73. The van der Waals surface area contributed by atoms with Crippen LogP contribution in [0.1, 0.15) is 58.3 Å². The van der Waals surface area contributed by atoms with Crippen molar-refractivity contribution in [1.82, 2.24) is 0 Å². The van der Waals surface area contributed by atoms with Gasteiger partial charge in [0.05, 0.1) is 0 Å². The highest BCUT2D eigenvalue weighted by Gasteiger charge is 2.55. The van der Waals surface area contributed by atoms with Gasteiger partial charge < -0.3 is 0 Å². The summed E-state index contributed by atoms with van der Waals surface area (Å²) in [6.45, 7) is 2.47. The summed E-state index contributed by atoms with van der Waals surface area (Å²) >= 11 is 0. The third-order valence-electron chi connectivity index (χ3n) is 7.50. The molecule has 112 valence electrons. The lowest BCUT2D eigenvalue weighted by Crippen LogP contribution is -2.46. The van der Waals surface area contributed by atoms with Crippen molar-refractivity contribution >= 4 is 5.78 Å². The van der Waals surface area contributed by atoms with Crippen LogP contribution in [-0.2, 0) is 4.79 Å². The van der Waals surface area contributed by atoms with Gasteiger partial charge >= 0.3 is 0 Å². The monoisotopic (exact) mass is 282 g/mol. The quantitative estimate of drug-likeness (QED) is 0.603. The SMILES string of the molecule is C#C[C@@H]1CC[C@H]2[C@@H]3CCC4=CC(=O)CC[C@@H]4[C@H]3CC[C@]12C. The van der Waals surface area contributed by atoms with Crippen molar-refractivity contribution in [2.75, 3.05) is 0 Å². The number of hydrogen-bond acceptors (Lipinski definition) is 1. The Morgan fingerprint density at radius 3 is 2.81 bits per heavy atom. The van der Waals surface area contributed by atoms with E-state index in [2.05, 4.69) is 12.8 Å². The Balaban J connectivity index is 1.63. The minimum atomic E-state index is 0.369. The fourth-order valence-electron chi connectivity index (χ4n) is 6.45. The Kier molecular flexibility index (Phi) is 3.07. The van der Waals surface area contributed by atoms with E-state index in [-0.39, 0.29) is 0 Å². The molecule has 0 aliphatic heterocycles. The fraction of sp³-hybridized carbons (Fsp3) is 0.750. The Hall–Kier alpha value is -1.03. The van der Waals surface area contributed by atoms with Crippen molar-refractivity contribution < 1.29 is 4.79 Å². The van der Waals surface area contributed by atoms with Crippen molar-refractivity contribution in [3.8, 4) is 12.3 Å². The molecule has 0 amide bonds. The van der Waals surface area contributed by atoms with Gasteiger partial charge in [0.2, 0.25) is 0 Å². The summed E-state index contributed by atoms with van der Waals surface area (Å²) < 4.78 is 0. The van der Waals surface area contributed by atoms with E-state index in [0.29, 0.717) is 17.1 Å². The number of rotatable bonds is 0. The summed E-state index contributed by atoms with van der Waals surface area (Å²) in [5, 5.41) is 0. The molecular weight excluding hydrogens is 256 g/mol. The van der Waals surface area contributed by atoms with Gasteiger partial charge in [0.25, 0.3) is 0 Å². The number of allylic oxidation sites excluding steroid dienone is 1. The van der Waals surface area contributed by atoms with Gasteiger partial charge in [-0.05, 0) is 80.1 Å². The molecule has 3 fully saturated rings. The van der Waals surface area contributed by atoms with Crippen LogP contribution < -0.4 is 0 Å². The third-order valence-corrected chi connectivity index (χ3v) is 7.50. The zero-order valence-corrected chi connectivity index (χ0v) is 13.1. The van der Waals surface area contributed by atoms with E-state index in [0.717, 1.165) is 36.5 Å². The van der Waals surface area contributed by atoms with Gasteiger partial charge in [-0.3, -0.25) is 4.79 Å². The molecule has 0 N–H and O–H groups in total. The van der Waals surface area contributed by atoms with Crippen LogP contribution in [0, 0.1) is 47.3 Å². The van der Waals surface area contributed by atoms with Crippen LogP contribution in [-0.4, -0.2) is 5.78 Å². The van der Waals surface area contributed by atoms with Crippen LogP contribution in [0.15, 0.2) is 11.6 Å². The van der Waals surface area contributed by atoms with Crippen LogP contribution in [0.4, 0.5) is 0 Å². The minimum absolute atomic E-state index is 0.369. The lowest BCUT2D eigenvalue weighted by molar-refractivity contribution is -0.116. The average molecular weight is 282 g/mol. The first-order chi connectivity index (χ1) is 10.1. The predicted octanol–water partition coefficient (Wildman–Crippen LogP) is 4.38. The van der Waals surface area contributed by atoms with E-state index in [1.807, 2.05) is 6.08 Å². The van der Waals surface area contributed by atoms with Crippen molar-refractivity contribution in [2.45, 2.75) is 58.3 Å². The Morgan fingerprint density at radius 1 is 1.14 bits per heavy atom. The molecule has 0 bridgehead atoms. The molecule has 4 rings (SSSR count). The van der Waals surface area contributed by atoms with Gasteiger partial charge in [0, 0.05) is 12.3 Å². The molecule has 21 heavy (non-hydrogen) atoms. The van der Waals surface area contributed by atoms with Crippen LogP contribution in [0.5, 0.6) is 0 Å². The molecule has 0 saturated heterocycles. The number of ketones is 1. The van der Waals surface area contributed by atoms with Crippen LogP contribution >= 0.6 is 0 Å². The van der Waals surface area contributed by atoms with E-state index in [9.17, 15) is 4.79 Å². The molecule has 4 aliphatic carbocycles. The first kappa shape index (κ1) is 13.6. The summed E-state index contributed by atoms with van der Waals surface area (Å²) in [6, 6.07) is 0. The van der Waals surface area contributed by atoms with E-state index in [1.165, 1.54) is 44.1 Å². The van der Waals surface area contributed by atoms with Crippen molar-refractivity contribution in [3.05, 3.63) is 11.6 Å². The zero-order valence-electron chi connectivity index (χ0n) is 13.1. The second-order valence-corrected chi connectivity index (χ2v) is 8.14. The molecule has 3 saturated carbocycles. The maximum Gasteiger partial charge on any atom is 0.155 e. The summed E-state index contributed by atoms with van der Waals surface area (Å²) in [7, 11) is 0. The molecule has 0 radical (unpaired) electrons. The highest BCUT2D eigenvalue weighted by atomic mass is 16.1. The van der Waals surface area contributed by atoms with Gasteiger partial charge in [-0.15, -0.1) is 12.3 Å². The molecule has 0 heterocycles. The number of hydrogen-bond donors (Lipinski definition) is 0. The molecule has 0 aromatic carbocycles. The van der Waals surface area contributed by atoms with Gasteiger partial charge in [0.1, 0.15) is 0 Å². The molecule has 0 unspecified atom stereocenters. The molecule has 1 heteroatoms. The van der Waals surface area contributed by atoms with Gasteiger partial charge in [-0.2, -0.15) is 0 Å². The summed E-state index contributed by atoms with van der Waals surface area (Å²) in [4.78, 5) is 11.7. The molecule has 0 spiro atoms. The number of carbonyl (C=O) groups is 1. The number of carbonyl (C=O) groups excluding carboxylic acids is 1. The van der Waals surface area contributed by atoms with Gasteiger partial charge in [0.15, 0.2) is 5.78 Å². The Labute approximate surface area is 128 Å². The van der Waals surface area contributed by atoms with Crippen LogP contribution in [0.25, 0.3) is 0 Å². The summed E-state index contributed by atoms with van der Waals surface area (Å²) in [5.41, 5.74) is 1.89. The lowest BCUT2D eigenvalue weighted by atomic mass is 9.51. The van der Waals surface area contributed by atoms with Crippen molar-refractivity contribution in [2.24, 2.45) is 35.0 Å². The molecule has 0 aromatic heterocycles. The number of terminal acetylenes is 1. The van der Waals surface area contributed by atoms with Crippen LogP contribution in [0.2, 0.25) is 0 Å². The highest BCUT2D eigenvalue weighted by molar-refractivity contribution is 5.91.